The Morgan fingerprint density at radius 3 is 1.33 bits per heavy atom. The lowest BCUT2D eigenvalue weighted by Gasteiger charge is -2.09. The second-order valence-electron chi connectivity index (χ2n) is 6.43. The van der Waals surface area contributed by atoms with E-state index in [1.807, 2.05) is 0 Å². The van der Waals surface area contributed by atoms with Crippen molar-refractivity contribution in [3.05, 3.63) is 20.2 Å². The molecule has 0 aliphatic rings. The maximum atomic E-state index is 10.7. The molecule has 0 N–H and O–H groups in total. The molecule has 0 rings (SSSR count). The van der Waals surface area contributed by atoms with Gasteiger partial charge in [-0.25, -0.2) is 0 Å². The Hall–Kier alpha value is -1.53. The zero-order valence-electron chi connectivity index (χ0n) is 14.8. The van der Waals surface area contributed by atoms with Crippen molar-refractivity contribution in [3.8, 4) is 0 Å². The fourth-order valence-corrected chi connectivity index (χ4v) is 2.76. The van der Waals surface area contributed by atoms with Crippen LogP contribution in [0, 0.1) is 20.2 Å². The van der Waals surface area contributed by atoms with Crippen LogP contribution in [0.4, 0.5) is 0 Å². The summed E-state index contributed by atoms with van der Waals surface area (Å²) in [6.45, 7) is 2.21. The molecule has 0 fully saturated rings. The number of rotatable bonds is 17. The Kier molecular flexibility index (Phi) is 13.0. The predicted molar refractivity (Wildman–Crippen MR) is 92.7 cm³/mol. The molecule has 24 heavy (non-hydrogen) atoms. The van der Waals surface area contributed by atoms with Crippen molar-refractivity contribution in [1.82, 2.24) is 0 Å². The van der Waals surface area contributed by atoms with Gasteiger partial charge in [0, 0.05) is 0 Å². The molecule has 0 heterocycles. The van der Waals surface area contributed by atoms with Crippen LogP contribution in [-0.4, -0.2) is 21.8 Å². The first-order valence-electron chi connectivity index (χ1n) is 9.19. The van der Waals surface area contributed by atoms with Crippen LogP contribution < -0.4 is 0 Å². The van der Waals surface area contributed by atoms with E-state index >= 15 is 0 Å². The molecule has 0 aromatic heterocycles. The Morgan fingerprint density at radius 1 is 0.708 bits per heavy atom. The lowest BCUT2D eigenvalue weighted by Crippen LogP contribution is -2.47. The Labute approximate surface area is 144 Å². The van der Waals surface area contributed by atoms with Gasteiger partial charge in [0.2, 0.25) is 0 Å². The highest BCUT2D eigenvalue weighted by Crippen LogP contribution is 2.19. The molecule has 0 aliphatic heterocycles. The fraction of sp³-hybridized carbons (Fsp3) is 0.941. The standard InChI is InChI=1S/C17H31N2O5/c1-2-3-4-5-6-7-8-9-10-11-12-13-14-15-17(16-20,18(21)22)19(23)24/h2-15H2,1H3. The molecule has 0 amide bonds. The van der Waals surface area contributed by atoms with Crippen LogP contribution >= 0.6 is 0 Å². The van der Waals surface area contributed by atoms with Crippen molar-refractivity contribution < 1.29 is 14.6 Å². The Bertz CT molecular complexity index is 360. The zero-order chi connectivity index (χ0) is 18.3. The average Bonchev–Trinajstić information content (AvgIpc) is 2.55. The smallest absolute Gasteiger partial charge is 0.273 e. The van der Waals surface area contributed by atoms with E-state index in [-0.39, 0.29) is 6.42 Å². The minimum absolute atomic E-state index is 0.300. The van der Waals surface area contributed by atoms with Gasteiger partial charge >= 0.3 is 11.9 Å². The highest BCUT2D eigenvalue weighted by molar-refractivity contribution is 5.59. The molecule has 7 nitrogen and oxygen atoms in total. The van der Waals surface area contributed by atoms with Gasteiger partial charge in [-0.2, -0.15) is 0 Å². The van der Waals surface area contributed by atoms with Crippen molar-refractivity contribution in [2.45, 2.75) is 102 Å². The summed E-state index contributed by atoms with van der Waals surface area (Å²) in [5.41, 5.74) is -2.78. The summed E-state index contributed by atoms with van der Waals surface area (Å²) >= 11 is 0. The van der Waals surface area contributed by atoms with Crippen LogP contribution in [0.3, 0.4) is 0 Å². The summed E-state index contributed by atoms with van der Waals surface area (Å²) in [6.07, 6.45) is 15.0. The van der Waals surface area contributed by atoms with E-state index < -0.39 is 15.5 Å². The molecule has 0 aliphatic carbocycles. The molecular weight excluding hydrogens is 312 g/mol. The number of hydrogen-bond donors (Lipinski definition) is 0. The van der Waals surface area contributed by atoms with E-state index in [1.165, 1.54) is 51.4 Å². The topological polar surface area (TPSA) is 103 Å². The SMILES string of the molecule is CCCCCCCCCCCCCCCC([C]=O)([N+](=O)[O-])[N+](=O)[O-]. The van der Waals surface area contributed by atoms with Crippen molar-refractivity contribution >= 4 is 6.29 Å². The summed E-state index contributed by atoms with van der Waals surface area (Å²) in [7, 11) is 0. The first kappa shape index (κ1) is 22.5. The molecule has 1 radical (unpaired) electrons. The normalized spacial score (nSPS) is 11.4. The second kappa shape index (κ2) is 13.9. The van der Waals surface area contributed by atoms with Gasteiger partial charge in [-0.3, -0.25) is 25.0 Å². The minimum Gasteiger partial charge on any atom is -0.273 e. The fourth-order valence-electron chi connectivity index (χ4n) is 2.76. The van der Waals surface area contributed by atoms with E-state index in [9.17, 15) is 25.0 Å². The summed E-state index contributed by atoms with van der Waals surface area (Å²) in [6, 6.07) is 0. The molecule has 0 aromatic carbocycles. The minimum atomic E-state index is -2.78. The van der Waals surface area contributed by atoms with Crippen LogP contribution in [0.2, 0.25) is 0 Å². The number of nitro groups is 2. The van der Waals surface area contributed by atoms with Crippen molar-refractivity contribution in [1.29, 1.82) is 0 Å². The van der Waals surface area contributed by atoms with Gasteiger partial charge in [0.25, 0.3) is 0 Å². The van der Waals surface area contributed by atoms with E-state index in [4.69, 9.17) is 0 Å². The molecular formula is C17H31N2O5. The molecule has 0 saturated carbocycles. The Morgan fingerprint density at radius 2 is 1.04 bits per heavy atom. The summed E-state index contributed by atoms with van der Waals surface area (Å²) in [5, 5.41) is 21.5. The van der Waals surface area contributed by atoms with Crippen molar-refractivity contribution in [3.63, 3.8) is 0 Å². The number of nitrogens with zero attached hydrogens (tertiary/aromatic N) is 2. The molecule has 0 saturated heterocycles. The second-order valence-corrected chi connectivity index (χ2v) is 6.43. The Balaban J connectivity index is 3.58. The van der Waals surface area contributed by atoms with Crippen LogP contribution in [0.1, 0.15) is 96.8 Å². The molecule has 0 atom stereocenters. The lowest BCUT2D eigenvalue weighted by atomic mass is 10.0. The largest absolute Gasteiger partial charge is 0.523 e. The number of carbonyl (C=O) groups excluding carboxylic acids is 1. The monoisotopic (exact) mass is 343 g/mol. The van der Waals surface area contributed by atoms with Crippen LogP contribution in [0.15, 0.2) is 0 Å². The van der Waals surface area contributed by atoms with Crippen LogP contribution in [-0.2, 0) is 4.79 Å². The summed E-state index contributed by atoms with van der Waals surface area (Å²) < 4.78 is 0. The van der Waals surface area contributed by atoms with Crippen molar-refractivity contribution in [2.24, 2.45) is 0 Å². The highest BCUT2D eigenvalue weighted by atomic mass is 16.7. The molecule has 0 spiro atoms. The first-order chi connectivity index (χ1) is 11.5. The van der Waals surface area contributed by atoms with Crippen molar-refractivity contribution in [2.75, 3.05) is 0 Å². The lowest BCUT2D eigenvalue weighted by molar-refractivity contribution is -0.772. The third kappa shape index (κ3) is 8.93. The third-order valence-corrected chi connectivity index (χ3v) is 4.40. The molecule has 0 aromatic rings. The molecule has 0 unspecified atom stereocenters. The van der Waals surface area contributed by atoms with E-state index in [0.29, 0.717) is 12.8 Å². The van der Waals surface area contributed by atoms with E-state index in [1.54, 1.807) is 0 Å². The first-order valence-corrected chi connectivity index (χ1v) is 9.19. The maximum absolute atomic E-state index is 10.7. The van der Waals surface area contributed by atoms with Gasteiger partial charge in [-0.15, -0.1) is 0 Å². The predicted octanol–water partition coefficient (Wildman–Crippen LogP) is 4.83. The van der Waals surface area contributed by atoms with Gasteiger partial charge in [0.1, 0.15) is 9.85 Å². The maximum Gasteiger partial charge on any atom is 0.523 e. The van der Waals surface area contributed by atoms with E-state index in [0.717, 1.165) is 25.5 Å². The zero-order valence-corrected chi connectivity index (χ0v) is 14.8. The van der Waals surface area contributed by atoms with Gasteiger partial charge < -0.3 is 0 Å². The van der Waals surface area contributed by atoms with Crippen LogP contribution in [0.5, 0.6) is 0 Å². The average molecular weight is 343 g/mol. The highest BCUT2D eigenvalue weighted by Gasteiger charge is 2.57. The third-order valence-electron chi connectivity index (χ3n) is 4.40. The number of hydrogen-bond acceptors (Lipinski definition) is 5. The quantitative estimate of drug-likeness (QED) is 0.163. The summed E-state index contributed by atoms with van der Waals surface area (Å²) in [5.74, 6) is 0. The van der Waals surface area contributed by atoms with Gasteiger partial charge in [-0.1, -0.05) is 84.0 Å². The molecule has 139 valence electrons. The van der Waals surface area contributed by atoms with Gasteiger partial charge in [0.05, 0.1) is 6.42 Å². The van der Waals surface area contributed by atoms with Gasteiger partial charge in [-0.05, 0) is 6.42 Å². The van der Waals surface area contributed by atoms with Gasteiger partial charge in [0.15, 0.2) is 0 Å². The van der Waals surface area contributed by atoms with E-state index in [2.05, 4.69) is 6.92 Å². The number of unbranched alkanes of at least 4 members (excludes halogenated alkanes) is 12. The summed E-state index contributed by atoms with van der Waals surface area (Å²) in [4.78, 5) is 29.9. The molecule has 0 bridgehead atoms. The molecule has 7 heteroatoms. The van der Waals surface area contributed by atoms with Crippen LogP contribution in [0.25, 0.3) is 0 Å².